The minimum atomic E-state index is -3.65. The molecule has 2 atom stereocenters. The first kappa shape index (κ1) is 23.8. The maximum atomic E-state index is 12.3. The third-order valence-electron chi connectivity index (χ3n) is 4.02. The highest BCUT2D eigenvalue weighted by Gasteiger charge is 2.20. The summed E-state index contributed by atoms with van der Waals surface area (Å²) in [6.45, 7) is 3.10. The van der Waals surface area contributed by atoms with Crippen molar-refractivity contribution in [3.05, 3.63) is 24.3 Å². The molecule has 2 unspecified atom stereocenters. The maximum absolute atomic E-state index is 12.3. The number of sulfonamides is 1. The van der Waals surface area contributed by atoms with Gasteiger partial charge < -0.3 is 20.5 Å². The average Bonchev–Trinajstić information content (AvgIpc) is 2.65. The van der Waals surface area contributed by atoms with Crippen LogP contribution in [0.15, 0.2) is 29.2 Å². The Kier molecular flexibility index (Phi) is 10.2. The van der Waals surface area contributed by atoms with E-state index in [9.17, 15) is 13.2 Å². The van der Waals surface area contributed by atoms with Crippen molar-refractivity contribution in [2.24, 2.45) is 5.73 Å². The molecule has 1 aromatic carbocycles. The van der Waals surface area contributed by atoms with Crippen LogP contribution >= 0.6 is 12.4 Å². The monoisotopic (exact) mass is 421 g/mol. The number of nitrogens with two attached hydrogens (primary N) is 1. The lowest BCUT2D eigenvalue weighted by Gasteiger charge is -2.23. The van der Waals surface area contributed by atoms with Gasteiger partial charge in [-0.15, -0.1) is 12.4 Å². The Morgan fingerprint density at radius 3 is 2.85 bits per heavy atom. The maximum Gasteiger partial charge on any atom is 0.253 e. The molecule has 1 aliphatic heterocycles. The van der Waals surface area contributed by atoms with Gasteiger partial charge >= 0.3 is 0 Å². The molecule has 1 heterocycles. The Bertz CT molecular complexity index is 696. The molecule has 0 radical (unpaired) electrons. The van der Waals surface area contributed by atoms with E-state index >= 15 is 0 Å². The van der Waals surface area contributed by atoms with Gasteiger partial charge in [0.05, 0.1) is 17.6 Å². The summed E-state index contributed by atoms with van der Waals surface area (Å²) in [4.78, 5) is 12.3. The van der Waals surface area contributed by atoms with Gasteiger partial charge in [-0.25, -0.2) is 13.1 Å². The summed E-state index contributed by atoms with van der Waals surface area (Å²) in [6.07, 6.45) is 2.46. The number of halogens is 1. The average molecular weight is 422 g/mol. The first-order valence-corrected chi connectivity index (χ1v) is 10.2. The second-order valence-corrected chi connectivity index (χ2v) is 7.93. The van der Waals surface area contributed by atoms with Crippen LogP contribution in [0.25, 0.3) is 0 Å². The van der Waals surface area contributed by atoms with Crippen molar-refractivity contribution in [3.63, 3.8) is 0 Å². The number of rotatable bonds is 9. The van der Waals surface area contributed by atoms with E-state index in [0.29, 0.717) is 12.3 Å². The van der Waals surface area contributed by atoms with Gasteiger partial charge in [-0.2, -0.15) is 0 Å². The molecule has 0 aromatic heterocycles. The van der Waals surface area contributed by atoms with Crippen molar-refractivity contribution in [2.75, 3.05) is 31.6 Å². The molecule has 1 saturated heterocycles. The summed E-state index contributed by atoms with van der Waals surface area (Å²) >= 11 is 0. The van der Waals surface area contributed by atoms with Crippen molar-refractivity contribution in [1.82, 2.24) is 4.72 Å². The molecule has 1 aromatic rings. The van der Waals surface area contributed by atoms with Gasteiger partial charge in [0.1, 0.15) is 6.10 Å². The van der Waals surface area contributed by atoms with Gasteiger partial charge in [-0.3, -0.25) is 4.79 Å². The first-order chi connectivity index (χ1) is 12.4. The van der Waals surface area contributed by atoms with E-state index in [0.717, 1.165) is 25.9 Å². The van der Waals surface area contributed by atoms with Gasteiger partial charge in [-0.05, 0) is 44.4 Å². The summed E-state index contributed by atoms with van der Waals surface area (Å²) in [5.41, 5.74) is 5.70. The molecule has 1 fully saturated rings. The molecule has 4 N–H and O–H groups in total. The fraction of sp³-hybridized carbons (Fsp3) is 0.588. The lowest BCUT2D eigenvalue weighted by Crippen LogP contribution is -2.32. The normalized spacial score (nSPS) is 18.4. The number of hydrogen-bond donors (Lipinski definition) is 3. The third kappa shape index (κ3) is 7.73. The third-order valence-corrected chi connectivity index (χ3v) is 5.48. The van der Waals surface area contributed by atoms with Crippen LogP contribution in [0.5, 0.6) is 0 Å². The number of carbonyl (C=O) groups excluding carboxylic acids is 1. The van der Waals surface area contributed by atoms with Crippen LogP contribution in [-0.4, -0.2) is 52.8 Å². The van der Waals surface area contributed by atoms with Crippen LogP contribution in [0, 0.1) is 0 Å². The van der Waals surface area contributed by atoms with Gasteiger partial charge in [0.15, 0.2) is 0 Å². The SMILES string of the molecule is CC(OCC1CCCCO1)C(=O)Nc1cccc(S(=O)(=O)NCCN)c1.Cl. The van der Waals surface area contributed by atoms with Crippen LogP contribution in [0.3, 0.4) is 0 Å². The van der Waals surface area contributed by atoms with E-state index in [-0.39, 0.29) is 42.4 Å². The van der Waals surface area contributed by atoms with Crippen LogP contribution in [0.4, 0.5) is 5.69 Å². The van der Waals surface area contributed by atoms with E-state index < -0.39 is 16.1 Å². The summed E-state index contributed by atoms with van der Waals surface area (Å²) in [7, 11) is -3.65. The molecule has 0 aliphatic carbocycles. The number of carbonyl (C=O) groups is 1. The molecule has 1 amide bonds. The minimum absolute atomic E-state index is 0. The molecule has 0 saturated carbocycles. The fourth-order valence-electron chi connectivity index (χ4n) is 2.53. The predicted molar refractivity (Wildman–Crippen MR) is 106 cm³/mol. The summed E-state index contributed by atoms with van der Waals surface area (Å²) < 4.78 is 37.8. The Hall–Kier alpha value is -1.23. The quantitative estimate of drug-likeness (QED) is 0.552. The topological polar surface area (TPSA) is 120 Å². The zero-order valence-electron chi connectivity index (χ0n) is 15.3. The van der Waals surface area contributed by atoms with E-state index in [1.54, 1.807) is 19.1 Å². The van der Waals surface area contributed by atoms with E-state index in [4.69, 9.17) is 15.2 Å². The molecule has 0 bridgehead atoms. The van der Waals surface area contributed by atoms with Crippen LogP contribution in [0.1, 0.15) is 26.2 Å². The number of hydrogen-bond acceptors (Lipinski definition) is 6. The van der Waals surface area contributed by atoms with E-state index in [2.05, 4.69) is 10.0 Å². The zero-order chi connectivity index (χ0) is 19.0. The van der Waals surface area contributed by atoms with Crippen LogP contribution in [-0.2, 0) is 24.3 Å². The number of anilines is 1. The Balaban J connectivity index is 0.00000364. The minimum Gasteiger partial charge on any atom is -0.376 e. The number of nitrogens with one attached hydrogen (secondary N) is 2. The van der Waals surface area contributed by atoms with Crippen molar-refractivity contribution < 1.29 is 22.7 Å². The van der Waals surface area contributed by atoms with E-state index in [1.807, 2.05) is 0 Å². The Morgan fingerprint density at radius 1 is 1.41 bits per heavy atom. The lowest BCUT2D eigenvalue weighted by atomic mass is 10.1. The van der Waals surface area contributed by atoms with Crippen LogP contribution < -0.4 is 15.8 Å². The smallest absolute Gasteiger partial charge is 0.253 e. The number of amides is 1. The predicted octanol–water partition coefficient (Wildman–Crippen LogP) is 1.26. The van der Waals surface area contributed by atoms with Gasteiger partial charge in [0, 0.05) is 25.4 Å². The number of ether oxygens (including phenoxy) is 2. The largest absolute Gasteiger partial charge is 0.376 e. The lowest BCUT2D eigenvalue weighted by molar-refractivity contribution is -0.130. The molecule has 10 heteroatoms. The van der Waals surface area contributed by atoms with Gasteiger partial charge in [0.2, 0.25) is 10.0 Å². The van der Waals surface area contributed by atoms with Crippen molar-refractivity contribution >= 4 is 34.0 Å². The Morgan fingerprint density at radius 2 is 2.19 bits per heavy atom. The molecule has 0 spiro atoms. The first-order valence-electron chi connectivity index (χ1n) is 8.76. The highest BCUT2D eigenvalue weighted by Crippen LogP contribution is 2.17. The molecule has 1 aliphatic rings. The second kappa shape index (κ2) is 11.6. The van der Waals surface area contributed by atoms with Crippen molar-refractivity contribution in [1.29, 1.82) is 0 Å². The van der Waals surface area contributed by atoms with E-state index in [1.165, 1.54) is 12.1 Å². The second-order valence-electron chi connectivity index (χ2n) is 6.17. The highest BCUT2D eigenvalue weighted by molar-refractivity contribution is 7.89. The van der Waals surface area contributed by atoms with Crippen molar-refractivity contribution in [2.45, 2.75) is 43.3 Å². The Labute approximate surface area is 166 Å². The standard InChI is InChI=1S/C17H27N3O5S.ClH/c1-13(25-12-15-6-2-3-10-24-15)17(21)20-14-5-4-7-16(11-14)26(22,23)19-9-8-18;/h4-5,7,11,13,15,19H,2-3,6,8-10,12,18H2,1H3,(H,20,21);1H. The van der Waals surface area contributed by atoms with Gasteiger partial charge in [0.25, 0.3) is 5.91 Å². The molecular formula is C17H28ClN3O5S. The molecule has 8 nitrogen and oxygen atoms in total. The summed E-state index contributed by atoms with van der Waals surface area (Å²) in [6, 6.07) is 6.04. The molecular weight excluding hydrogens is 394 g/mol. The van der Waals surface area contributed by atoms with Crippen LogP contribution in [0.2, 0.25) is 0 Å². The zero-order valence-corrected chi connectivity index (χ0v) is 17.0. The molecule has 27 heavy (non-hydrogen) atoms. The summed E-state index contributed by atoms with van der Waals surface area (Å²) in [5, 5.41) is 2.68. The van der Waals surface area contributed by atoms with Gasteiger partial charge in [-0.1, -0.05) is 6.07 Å². The molecule has 154 valence electrons. The molecule has 2 rings (SSSR count). The van der Waals surface area contributed by atoms with Crippen molar-refractivity contribution in [3.8, 4) is 0 Å². The summed E-state index contributed by atoms with van der Waals surface area (Å²) in [5.74, 6) is -0.342. The highest BCUT2D eigenvalue weighted by atomic mass is 35.5. The number of benzene rings is 1. The fourth-order valence-corrected chi connectivity index (χ4v) is 3.62.